The van der Waals surface area contributed by atoms with Crippen molar-refractivity contribution in [1.29, 1.82) is 0 Å². The van der Waals surface area contributed by atoms with Crippen LogP contribution in [0.2, 0.25) is 0 Å². The molecule has 1 aliphatic heterocycles. The van der Waals surface area contributed by atoms with Gasteiger partial charge in [-0.1, -0.05) is 12.8 Å². The molecule has 0 saturated carbocycles. The number of likely N-dealkylation sites (tertiary alicyclic amines) is 1. The van der Waals surface area contributed by atoms with Gasteiger partial charge in [0.1, 0.15) is 5.52 Å². The SMILES string of the molecule is Cc1nc2ccc(NC(=O)N3CCCCCC3c3ccncc3)cc2o1. The Morgan fingerprint density at radius 2 is 2.04 bits per heavy atom. The third-order valence-electron chi connectivity index (χ3n) is 4.85. The van der Waals surface area contributed by atoms with E-state index in [1.807, 2.05) is 42.2 Å². The van der Waals surface area contributed by atoms with Crippen LogP contribution in [0.25, 0.3) is 11.1 Å². The molecular formula is C20H22N4O2. The van der Waals surface area contributed by atoms with Crippen molar-refractivity contribution in [3.8, 4) is 0 Å². The molecule has 3 heterocycles. The lowest BCUT2D eigenvalue weighted by molar-refractivity contribution is 0.189. The predicted molar refractivity (Wildman–Crippen MR) is 99.9 cm³/mol. The van der Waals surface area contributed by atoms with Gasteiger partial charge in [0.15, 0.2) is 11.5 Å². The van der Waals surface area contributed by atoms with Crippen LogP contribution >= 0.6 is 0 Å². The number of anilines is 1. The minimum Gasteiger partial charge on any atom is -0.441 e. The highest BCUT2D eigenvalue weighted by Gasteiger charge is 2.26. The van der Waals surface area contributed by atoms with Crippen molar-refractivity contribution < 1.29 is 9.21 Å². The zero-order valence-corrected chi connectivity index (χ0v) is 14.8. The molecule has 3 aromatic rings. The Morgan fingerprint density at radius 1 is 1.19 bits per heavy atom. The van der Waals surface area contributed by atoms with Gasteiger partial charge < -0.3 is 14.6 Å². The van der Waals surface area contributed by atoms with E-state index >= 15 is 0 Å². The van der Waals surface area contributed by atoms with E-state index in [1.54, 1.807) is 12.4 Å². The number of aryl methyl sites for hydroxylation is 1. The van der Waals surface area contributed by atoms with Crippen LogP contribution in [-0.2, 0) is 0 Å². The highest BCUT2D eigenvalue weighted by molar-refractivity contribution is 5.91. The van der Waals surface area contributed by atoms with Crippen molar-refractivity contribution in [2.45, 2.75) is 38.6 Å². The maximum atomic E-state index is 13.0. The summed E-state index contributed by atoms with van der Waals surface area (Å²) in [5, 5.41) is 3.02. The molecule has 26 heavy (non-hydrogen) atoms. The van der Waals surface area contributed by atoms with Crippen LogP contribution in [0, 0.1) is 6.92 Å². The van der Waals surface area contributed by atoms with Gasteiger partial charge in [-0.3, -0.25) is 4.98 Å². The number of carbonyl (C=O) groups is 1. The zero-order valence-electron chi connectivity index (χ0n) is 14.8. The van der Waals surface area contributed by atoms with Crippen molar-refractivity contribution in [2.75, 3.05) is 11.9 Å². The first-order valence-electron chi connectivity index (χ1n) is 9.05. The Labute approximate surface area is 152 Å². The number of hydrogen-bond donors (Lipinski definition) is 1. The Bertz CT molecular complexity index is 907. The standard InChI is InChI=1S/C20H22N4O2/c1-14-22-17-7-6-16(13-19(17)26-14)23-20(25)24-12-4-2-3-5-18(24)15-8-10-21-11-9-15/h6-11,13,18H,2-5,12H2,1H3,(H,23,25). The highest BCUT2D eigenvalue weighted by Crippen LogP contribution is 2.30. The van der Waals surface area contributed by atoms with Crippen molar-refractivity contribution >= 4 is 22.8 Å². The summed E-state index contributed by atoms with van der Waals surface area (Å²) in [6.07, 6.45) is 7.84. The molecule has 1 aliphatic rings. The van der Waals surface area contributed by atoms with Crippen LogP contribution in [0.1, 0.15) is 43.2 Å². The molecule has 1 N–H and O–H groups in total. The lowest BCUT2D eigenvalue weighted by atomic mass is 10.0. The number of benzene rings is 1. The minimum atomic E-state index is -0.0794. The van der Waals surface area contributed by atoms with Crippen molar-refractivity contribution in [2.24, 2.45) is 0 Å². The number of aromatic nitrogens is 2. The molecule has 0 bridgehead atoms. The molecule has 2 aromatic heterocycles. The van der Waals surface area contributed by atoms with Gasteiger partial charge in [0.25, 0.3) is 0 Å². The van der Waals surface area contributed by atoms with Crippen LogP contribution in [0.5, 0.6) is 0 Å². The van der Waals surface area contributed by atoms with Gasteiger partial charge in [-0.15, -0.1) is 0 Å². The maximum absolute atomic E-state index is 13.0. The highest BCUT2D eigenvalue weighted by atomic mass is 16.3. The smallest absolute Gasteiger partial charge is 0.322 e. The second-order valence-electron chi connectivity index (χ2n) is 6.68. The van der Waals surface area contributed by atoms with Gasteiger partial charge in [-0.2, -0.15) is 0 Å². The fourth-order valence-electron chi connectivity index (χ4n) is 3.60. The van der Waals surface area contributed by atoms with Crippen LogP contribution in [0.3, 0.4) is 0 Å². The molecule has 134 valence electrons. The molecule has 1 aromatic carbocycles. The van der Waals surface area contributed by atoms with Gasteiger partial charge in [-0.25, -0.2) is 9.78 Å². The summed E-state index contributed by atoms with van der Waals surface area (Å²) < 4.78 is 5.56. The number of fused-ring (bicyclic) bond motifs is 1. The van der Waals surface area contributed by atoms with Gasteiger partial charge >= 0.3 is 6.03 Å². The Hall–Kier alpha value is -2.89. The Balaban J connectivity index is 1.57. The molecule has 1 unspecified atom stereocenters. The first-order chi connectivity index (χ1) is 12.7. The summed E-state index contributed by atoms with van der Waals surface area (Å²) in [5.74, 6) is 0.619. The molecule has 0 spiro atoms. The summed E-state index contributed by atoms with van der Waals surface area (Å²) in [7, 11) is 0. The fraction of sp³-hybridized carbons (Fsp3) is 0.350. The Kier molecular flexibility index (Phi) is 4.56. The largest absolute Gasteiger partial charge is 0.441 e. The Morgan fingerprint density at radius 3 is 2.88 bits per heavy atom. The van der Waals surface area contributed by atoms with E-state index in [1.165, 1.54) is 0 Å². The average Bonchev–Trinajstić information content (AvgIpc) is 2.86. The molecule has 0 radical (unpaired) electrons. The number of pyridine rings is 1. The number of amides is 2. The molecule has 6 nitrogen and oxygen atoms in total. The molecule has 4 rings (SSSR count). The van der Waals surface area contributed by atoms with E-state index in [4.69, 9.17) is 4.42 Å². The fourth-order valence-corrected chi connectivity index (χ4v) is 3.60. The van der Waals surface area contributed by atoms with Gasteiger partial charge in [0.2, 0.25) is 0 Å². The van der Waals surface area contributed by atoms with Crippen LogP contribution in [-0.4, -0.2) is 27.4 Å². The summed E-state index contributed by atoms with van der Waals surface area (Å²) in [5.41, 5.74) is 3.33. The first kappa shape index (κ1) is 16.6. The quantitative estimate of drug-likeness (QED) is 0.728. The number of nitrogens with one attached hydrogen (secondary N) is 1. The van der Waals surface area contributed by atoms with E-state index < -0.39 is 0 Å². The van der Waals surface area contributed by atoms with Crippen molar-refractivity contribution in [1.82, 2.24) is 14.9 Å². The van der Waals surface area contributed by atoms with Crippen molar-refractivity contribution in [3.63, 3.8) is 0 Å². The molecule has 0 aliphatic carbocycles. The number of urea groups is 1. The van der Waals surface area contributed by atoms with E-state index in [2.05, 4.69) is 15.3 Å². The molecule has 2 amide bonds. The van der Waals surface area contributed by atoms with Crippen molar-refractivity contribution in [3.05, 3.63) is 54.2 Å². The third-order valence-corrected chi connectivity index (χ3v) is 4.85. The van der Waals surface area contributed by atoms with Crippen LogP contribution in [0.4, 0.5) is 10.5 Å². The summed E-state index contributed by atoms with van der Waals surface area (Å²) in [4.78, 5) is 23.3. The normalized spacial score (nSPS) is 17.9. The maximum Gasteiger partial charge on any atom is 0.322 e. The van der Waals surface area contributed by atoms with Crippen LogP contribution in [0.15, 0.2) is 47.1 Å². The monoisotopic (exact) mass is 350 g/mol. The summed E-state index contributed by atoms with van der Waals surface area (Å²) >= 11 is 0. The van der Waals surface area contributed by atoms with Gasteiger partial charge in [0, 0.05) is 37.6 Å². The second-order valence-corrected chi connectivity index (χ2v) is 6.68. The summed E-state index contributed by atoms with van der Waals surface area (Å²) in [6.45, 7) is 2.57. The van der Waals surface area contributed by atoms with E-state index in [0.29, 0.717) is 11.5 Å². The van der Waals surface area contributed by atoms with E-state index in [9.17, 15) is 4.79 Å². The van der Waals surface area contributed by atoms with Crippen LogP contribution < -0.4 is 5.32 Å². The minimum absolute atomic E-state index is 0.0794. The lowest BCUT2D eigenvalue weighted by Gasteiger charge is -2.30. The topological polar surface area (TPSA) is 71.3 Å². The van der Waals surface area contributed by atoms with Gasteiger partial charge in [0.05, 0.1) is 6.04 Å². The number of oxazole rings is 1. The molecule has 1 saturated heterocycles. The van der Waals surface area contributed by atoms with Gasteiger partial charge in [-0.05, 0) is 42.7 Å². The second kappa shape index (κ2) is 7.15. The number of rotatable bonds is 2. The van der Waals surface area contributed by atoms with E-state index in [-0.39, 0.29) is 12.1 Å². The summed E-state index contributed by atoms with van der Waals surface area (Å²) in [6, 6.07) is 9.55. The average molecular weight is 350 g/mol. The van der Waals surface area contributed by atoms with E-state index in [0.717, 1.165) is 49.0 Å². The third kappa shape index (κ3) is 3.40. The molecule has 6 heteroatoms. The number of hydrogen-bond acceptors (Lipinski definition) is 4. The first-order valence-corrected chi connectivity index (χ1v) is 9.05. The molecule has 1 atom stereocenters. The predicted octanol–water partition coefficient (Wildman–Crippen LogP) is 4.68. The number of carbonyl (C=O) groups excluding carboxylic acids is 1. The zero-order chi connectivity index (χ0) is 17.9. The molecule has 1 fully saturated rings. The molecular weight excluding hydrogens is 328 g/mol. The lowest BCUT2D eigenvalue weighted by Crippen LogP contribution is -2.38. The number of nitrogens with zero attached hydrogens (tertiary/aromatic N) is 3.